The minimum atomic E-state index is 0.149. The maximum absolute atomic E-state index is 11.3. The highest BCUT2D eigenvalue weighted by Crippen LogP contribution is 2.36. The van der Waals surface area contributed by atoms with Crippen LogP contribution in [-0.2, 0) is 11.2 Å². The van der Waals surface area contributed by atoms with Crippen LogP contribution in [0.2, 0.25) is 5.02 Å². The largest absolute Gasteiger partial charge is 0.329 e. The monoisotopic (exact) mass is 233 g/mol. The van der Waals surface area contributed by atoms with Crippen molar-refractivity contribution in [2.24, 2.45) is 0 Å². The Morgan fingerprint density at radius 3 is 2.88 bits per heavy atom. The van der Waals surface area contributed by atoms with Crippen molar-refractivity contribution in [1.29, 1.82) is 0 Å². The lowest BCUT2D eigenvalue weighted by Crippen LogP contribution is -2.29. The second-order valence-electron chi connectivity index (χ2n) is 4.31. The standard InChI is InChI=1S/C13H12ClNO/c14-9-2-3-10-8(7-9)1-5-12-11(10)4-6-13(16)15-12/h2-3,7H,1,4-6H2,(H,15,16). The SMILES string of the molecule is O=C1CCC2=C(CCc3cc(Cl)ccc32)N1. The molecule has 0 saturated heterocycles. The van der Waals surface area contributed by atoms with Gasteiger partial charge in [-0.15, -0.1) is 0 Å². The number of carbonyl (C=O) groups excluding carboxylic acids is 1. The Bertz CT molecular complexity index is 505. The van der Waals surface area contributed by atoms with Gasteiger partial charge in [-0.05, 0) is 48.1 Å². The van der Waals surface area contributed by atoms with Crippen LogP contribution in [0.5, 0.6) is 0 Å². The Labute approximate surface area is 99.3 Å². The fraction of sp³-hybridized carbons (Fsp3) is 0.308. The number of hydrogen-bond donors (Lipinski definition) is 1. The van der Waals surface area contributed by atoms with Gasteiger partial charge in [0.1, 0.15) is 0 Å². The second-order valence-corrected chi connectivity index (χ2v) is 4.74. The molecule has 0 spiro atoms. The summed E-state index contributed by atoms with van der Waals surface area (Å²) in [6, 6.07) is 6.04. The van der Waals surface area contributed by atoms with Crippen LogP contribution in [0.25, 0.3) is 5.57 Å². The number of benzene rings is 1. The normalized spacial score (nSPS) is 18.9. The molecule has 0 aromatic heterocycles. The molecule has 16 heavy (non-hydrogen) atoms. The predicted octanol–water partition coefficient (Wildman–Crippen LogP) is 2.91. The summed E-state index contributed by atoms with van der Waals surface area (Å²) in [4.78, 5) is 11.3. The van der Waals surface area contributed by atoms with Crippen molar-refractivity contribution < 1.29 is 4.79 Å². The highest BCUT2D eigenvalue weighted by molar-refractivity contribution is 6.30. The summed E-state index contributed by atoms with van der Waals surface area (Å²) in [5.74, 6) is 0.149. The first kappa shape index (κ1) is 9.91. The maximum Gasteiger partial charge on any atom is 0.224 e. The Kier molecular flexibility index (Phi) is 2.25. The average molecular weight is 234 g/mol. The quantitative estimate of drug-likeness (QED) is 0.734. The zero-order valence-corrected chi connectivity index (χ0v) is 9.60. The fourth-order valence-electron chi connectivity index (χ4n) is 2.53. The average Bonchev–Trinajstić information content (AvgIpc) is 2.28. The third-order valence-electron chi connectivity index (χ3n) is 3.29. The molecule has 0 radical (unpaired) electrons. The molecule has 1 heterocycles. The fourth-order valence-corrected chi connectivity index (χ4v) is 2.72. The van der Waals surface area contributed by atoms with Crippen LogP contribution in [0.3, 0.4) is 0 Å². The van der Waals surface area contributed by atoms with Crippen LogP contribution in [-0.4, -0.2) is 5.91 Å². The van der Waals surface area contributed by atoms with E-state index >= 15 is 0 Å². The summed E-state index contributed by atoms with van der Waals surface area (Å²) in [5.41, 5.74) is 5.00. The predicted molar refractivity (Wildman–Crippen MR) is 64.1 cm³/mol. The van der Waals surface area contributed by atoms with Crippen molar-refractivity contribution in [3.8, 4) is 0 Å². The molecule has 3 heteroatoms. The second kappa shape index (κ2) is 3.63. The van der Waals surface area contributed by atoms with E-state index in [9.17, 15) is 4.79 Å². The van der Waals surface area contributed by atoms with E-state index < -0.39 is 0 Å². The van der Waals surface area contributed by atoms with E-state index in [0.29, 0.717) is 6.42 Å². The van der Waals surface area contributed by atoms with Crippen molar-refractivity contribution in [2.75, 3.05) is 0 Å². The van der Waals surface area contributed by atoms with Crippen LogP contribution in [0.1, 0.15) is 30.4 Å². The first-order valence-corrected chi connectivity index (χ1v) is 5.92. The van der Waals surface area contributed by atoms with Crippen molar-refractivity contribution in [1.82, 2.24) is 5.32 Å². The minimum absolute atomic E-state index is 0.149. The summed E-state index contributed by atoms with van der Waals surface area (Å²) in [6.07, 6.45) is 3.35. The molecule has 0 unspecified atom stereocenters. The molecular formula is C13H12ClNO. The topological polar surface area (TPSA) is 29.1 Å². The van der Waals surface area contributed by atoms with Crippen LogP contribution < -0.4 is 5.32 Å². The van der Waals surface area contributed by atoms with Gasteiger partial charge in [-0.2, -0.15) is 0 Å². The Hall–Kier alpha value is -1.28. The Morgan fingerprint density at radius 1 is 1.12 bits per heavy atom. The highest BCUT2D eigenvalue weighted by Gasteiger charge is 2.24. The zero-order chi connectivity index (χ0) is 11.1. The number of carbonyl (C=O) groups is 1. The molecular weight excluding hydrogens is 222 g/mol. The summed E-state index contributed by atoms with van der Waals surface area (Å²) in [7, 11) is 0. The summed E-state index contributed by atoms with van der Waals surface area (Å²) < 4.78 is 0. The third-order valence-corrected chi connectivity index (χ3v) is 3.53. The molecule has 0 fully saturated rings. The molecule has 1 aromatic carbocycles. The molecule has 1 aliphatic heterocycles. The van der Waals surface area contributed by atoms with Gasteiger partial charge in [0, 0.05) is 17.1 Å². The molecule has 1 aromatic rings. The smallest absolute Gasteiger partial charge is 0.224 e. The lowest BCUT2D eigenvalue weighted by Gasteiger charge is -2.27. The van der Waals surface area contributed by atoms with Crippen molar-refractivity contribution in [3.05, 3.63) is 40.0 Å². The number of rotatable bonds is 0. The van der Waals surface area contributed by atoms with Gasteiger partial charge in [0.25, 0.3) is 0 Å². The van der Waals surface area contributed by atoms with Gasteiger partial charge in [-0.25, -0.2) is 0 Å². The molecule has 1 amide bonds. The van der Waals surface area contributed by atoms with Crippen molar-refractivity contribution >= 4 is 23.1 Å². The summed E-state index contributed by atoms with van der Waals surface area (Å²) >= 11 is 5.99. The van der Waals surface area contributed by atoms with Gasteiger partial charge in [0.05, 0.1) is 0 Å². The van der Waals surface area contributed by atoms with E-state index in [1.54, 1.807) is 0 Å². The molecule has 2 aliphatic rings. The van der Waals surface area contributed by atoms with Gasteiger partial charge in [0.2, 0.25) is 5.91 Å². The lowest BCUT2D eigenvalue weighted by atomic mass is 9.84. The molecule has 0 saturated carbocycles. The van der Waals surface area contributed by atoms with Gasteiger partial charge < -0.3 is 5.32 Å². The molecule has 82 valence electrons. The van der Waals surface area contributed by atoms with Gasteiger partial charge in [-0.3, -0.25) is 4.79 Å². The third kappa shape index (κ3) is 1.54. The Balaban J connectivity index is 2.10. The number of allylic oxidation sites excluding steroid dienone is 2. The Morgan fingerprint density at radius 2 is 2.00 bits per heavy atom. The van der Waals surface area contributed by atoms with Crippen LogP contribution in [0.4, 0.5) is 0 Å². The zero-order valence-electron chi connectivity index (χ0n) is 8.85. The highest BCUT2D eigenvalue weighted by atomic mass is 35.5. The van der Waals surface area contributed by atoms with E-state index in [0.717, 1.165) is 30.0 Å². The number of nitrogens with one attached hydrogen (secondary N) is 1. The van der Waals surface area contributed by atoms with Gasteiger partial charge >= 0.3 is 0 Å². The summed E-state index contributed by atoms with van der Waals surface area (Å²) in [6.45, 7) is 0. The molecule has 1 N–H and O–H groups in total. The summed E-state index contributed by atoms with van der Waals surface area (Å²) in [5, 5.41) is 3.78. The van der Waals surface area contributed by atoms with Crippen LogP contribution in [0, 0.1) is 0 Å². The van der Waals surface area contributed by atoms with Crippen molar-refractivity contribution in [2.45, 2.75) is 25.7 Å². The van der Waals surface area contributed by atoms with E-state index in [-0.39, 0.29) is 5.91 Å². The van der Waals surface area contributed by atoms with E-state index in [4.69, 9.17) is 11.6 Å². The molecule has 0 atom stereocenters. The van der Waals surface area contributed by atoms with E-state index in [2.05, 4.69) is 11.4 Å². The van der Waals surface area contributed by atoms with Gasteiger partial charge in [0.15, 0.2) is 0 Å². The molecule has 1 aliphatic carbocycles. The van der Waals surface area contributed by atoms with E-state index in [1.807, 2.05) is 12.1 Å². The maximum atomic E-state index is 11.3. The molecule has 3 rings (SSSR count). The van der Waals surface area contributed by atoms with E-state index in [1.165, 1.54) is 16.7 Å². The molecule has 0 bridgehead atoms. The van der Waals surface area contributed by atoms with Gasteiger partial charge in [-0.1, -0.05) is 17.7 Å². The first-order valence-electron chi connectivity index (χ1n) is 5.55. The lowest BCUT2D eigenvalue weighted by molar-refractivity contribution is -0.120. The number of amides is 1. The minimum Gasteiger partial charge on any atom is -0.329 e. The van der Waals surface area contributed by atoms with Crippen LogP contribution >= 0.6 is 11.6 Å². The first-order chi connectivity index (χ1) is 7.74. The molecule has 2 nitrogen and oxygen atoms in total. The number of hydrogen-bond acceptors (Lipinski definition) is 1. The number of halogens is 1. The van der Waals surface area contributed by atoms with Crippen LogP contribution in [0.15, 0.2) is 23.9 Å². The number of aryl methyl sites for hydroxylation is 1. The van der Waals surface area contributed by atoms with Crippen molar-refractivity contribution in [3.63, 3.8) is 0 Å². The number of fused-ring (bicyclic) bond motifs is 2.